The van der Waals surface area contributed by atoms with Gasteiger partial charge in [-0.3, -0.25) is 14.5 Å². The molecule has 3 nitrogen and oxygen atoms in total. The minimum Gasteiger partial charge on any atom is -0.298 e. The van der Waals surface area contributed by atoms with Crippen molar-refractivity contribution in [1.29, 1.82) is 0 Å². The number of benzene rings is 1. The maximum absolute atomic E-state index is 11.2. The Bertz CT molecular complexity index is 368. The summed E-state index contributed by atoms with van der Waals surface area (Å²) in [6.07, 6.45) is 0.733. The molecule has 0 unspecified atom stereocenters. The van der Waals surface area contributed by atoms with E-state index < -0.39 is 0 Å². The SMILES string of the molecule is O=C1CCN(Cc2ccccc2)CCC1=O. The summed E-state index contributed by atoms with van der Waals surface area (Å²) in [6, 6.07) is 10.1. The monoisotopic (exact) mass is 217 g/mol. The van der Waals surface area contributed by atoms with Gasteiger partial charge < -0.3 is 0 Å². The van der Waals surface area contributed by atoms with Gasteiger partial charge >= 0.3 is 0 Å². The topological polar surface area (TPSA) is 37.4 Å². The van der Waals surface area contributed by atoms with E-state index in [4.69, 9.17) is 0 Å². The fourth-order valence-electron chi connectivity index (χ4n) is 1.91. The van der Waals surface area contributed by atoms with Gasteiger partial charge in [-0.15, -0.1) is 0 Å². The van der Waals surface area contributed by atoms with Crippen LogP contribution >= 0.6 is 0 Å². The van der Waals surface area contributed by atoms with Crippen molar-refractivity contribution in [1.82, 2.24) is 4.90 Å². The van der Waals surface area contributed by atoms with Gasteiger partial charge in [0.25, 0.3) is 0 Å². The molecular weight excluding hydrogens is 202 g/mol. The van der Waals surface area contributed by atoms with Crippen LogP contribution < -0.4 is 0 Å². The lowest BCUT2D eigenvalue weighted by Crippen LogP contribution is -2.24. The molecule has 1 heterocycles. The number of likely N-dealkylation sites (tertiary alicyclic amines) is 1. The standard InChI is InChI=1S/C13H15NO2/c15-12-6-8-14(9-7-13(12)16)10-11-4-2-1-3-5-11/h1-5H,6-10H2. The van der Waals surface area contributed by atoms with E-state index in [1.165, 1.54) is 5.56 Å². The molecule has 0 amide bonds. The average Bonchev–Trinajstić information content (AvgIpc) is 2.46. The molecule has 0 atom stereocenters. The van der Waals surface area contributed by atoms with Gasteiger partial charge in [0.05, 0.1) is 0 Å². The molecule has 1 aromatic carbocycles. The van der Waals surface area contributed by atoms with Crippen molar-refractivity contribution in [2.24, 2.45) is 0 Å². The number of Topliss-reactive ketones (excluding diaryl/α,β-unsaturated/α-hetero) is 2. The van der Waals surface area contributed by atoms with E-state index in [9.17, 15) is 9.59 Å². The number of hydrogen-bond donors (Lipinski definition) is 0. The van der Waals surface area contributed by atoms with Crippen LogP contribution in [-0.2, 0) is 16.1 Å². The number of nitrogens with zero attached hydrogens (tertiary/aromatic N) is 1. The van der Waals surface area contributed by atoms with Gasteiger partial charge in [0.15, 0.2) is 11.6 Å². The molecule has 0 aromatic heterocycles. The van der Waals surface area contributed by atoms with Gasteiger partial charge in [-0.2, -0.15) is 0 Å². The summed E-state index contributed by atoms with van der Waals surface area (Å²) >= 11 is 0. The second-order valence-corrected chi connectivity index (χ2v) is 4.11. The maximum atomic E-state index is 11.2. The Kier molecular flexibility index (Phi) is 3.47. The first kappa shape index (κ1) is 11.0. The zero-order valence-corrected chi connectivity index (χ0v) is 9.19. The van der Waals surface area contributed by atoms with Crippen molar-refractivity contribution in [3.8, 4) is 0 Å². The fourth-order valence-corrected chi connectivity index (χ4v) is 1.91. The van der Waals surface area contributed by atoms with E-state index in [2.05, 4.69) is 17.0 Å². The van der Waals surface area contributed by atoms with Crippen molar-refractivity contribution < 1.29 is 9.59 Å². The summed E-state index contributed by atoms with van der Waals surface area (Å²) in [5.74, 6) is -0.425. The van der Waals surface area contributed by atoms with Crippen LogP contribution in [-0.4, -0.2) is 29.6 Å². The highest BCUT2D eigenvalue weighted by atomic mass is 16.2. The van der Waals surface area contributed by atoms with Gasteiger partial charge in [0.1, 0.15) is 0 Å². The van der Waals surface area contributed by atoms with Crippen LogP contribution in [0.25, 0.3) is 0 Å². The van der Waals surface area contributed by atoms with Crippen molar-refractivity contribution in [2.45, 2.75) is 19.4 Å². The number of carbonyl (C=O) groups is 2. The van der Waals surface area contributed by atoms with Gasteiger partial charge in [0, 0.05) is 32.5 Å². The quantitative estimate of drug-likeness (QED) is 0.703. The first-order chi connectivity index (χ1) is 7.75. The molecule has 0 saturated carbocycles. The molecule has 0 radical (unpaired) electrons. The zero-order chi connectivity index (χ0) is 11.4. The summed E-state index contributed by atoms with van der Waals surface area (Å²) in [4.78, 5) is 24.6. The van der Waals surface area contributed by atoms with Gasteiger partial charge in [-0.25, -0.2) is 0 Å². The van der Waals surface area contributed by atoms with Crippen molar-refractivity contribution in [3.05, 3.63) is 35.9 Å². The molecule has 1 saturated heterocycles. The minimum absolute atomic E-state index is 0.212. The van der Waals surface area contributed by atoms with E-state index in [1.807, 2.05) is 18.2 Å². The number of carbonyl (C=O) groups excluding carboxylic acids is 2. The predicted octanol–water partition coefficient (Wildman–Crippen LogP) is 1.42. The lowest BCUT2D eigenvalue weighted by molar-refractivity contribution is -0.135. The van der Waals surface area contributed by atoms with E-state index in [0.717, 1.165) is 6.54 Å². The van der Waals surface area contributed by atoms with Gasteiger partial charge in [0.2, 0.25) is 0 Å². The van der Waals surface area contributed by atoms with Gasteiger partial charge in [-0.1, -0.05) is 30.3 Å². The third-order valence-electron chi connectivity index (χ3n) is 2.87. The molecule has 84 valence electrons. The Labute approximate surface area is 95.1 Å². The molecule has 1 aliphatic heterocycles. The molecule has 3 heteroatoms. The van der Waals surface area contributed by atoms with Gasteiger partial charge in [-0.05, 0) is 5.56 Å². The van der Waals surface area contributed by atoms with Crippen LogP contribution in [0.4, 0.5) is 0 Å². The smallest absolute Gasteiger partial charge is 0.199 e. The summed E-state index contributed by atoms with van der Waals surface area (Å²) in [7, 11) is 0. The van der Waals surface area contributed by atoms with Crippen LogP contribution in [0.3, 0.4) is 0 Å². The molecule has 0 spiro atoms. The second kappa shape index (κ2) is 5.03. The lowest BCUT2D eigenvalue weighted by Gasteiger charge is -2.18. The molecular formula is C13H15NO2. The average molecular weight is 217 g/mol. The Morgan fingerprint density at radius 3 is 2.06 bits per heavy atom. The van der Waals surface area contributed by atoms with Crippen LogP contribution in [0.2, 0.25) is 0 Å². The van der Waals surface area contributed by atoms with Crippen LogP contribution in [0.15, 0.2) is 30.3 Å². The first-order valence-corrected chi connectivity index (χ1v) is 5.58. The third-order valence-corrected chi connectivity index (χ3v) is 2.87. The molecule has 1 fully saturated rings. The first-order valence-electron chi connectivity index (χ1n) is 5.58. The fraction of sp³-hybridized carbons (Fsp3) is 0.385. The summed E-state index contributed by atoms with van der Waals surface area (Å²) in [6.45, 7) is 2.21. The molecule has 0 bridgehead atoms. The number of hydrogen-bond acceptors (Lipinski definition) is 3. The van der Waals surface area contributed by atoms with E-state index in [-0.39, 0.29) is 11.6 Å². The summed E-state index contributed by atoms with van der Waals surface area (Å²) in [5.41, 5.74) is 1.23. The molecule has 1 aromatic rings. The Morgan fingerprint density at radius 2 is 1.50 bits per heavy atom. The summed E-state index contributed by atoms with van der Waals surface area (Å²) in [5, 5.41) is 0. The number of rotatable bonds is 2. The lowest BCUT2D eigenvalue weighted by atomic mass is 10.2. The summed E-state index contributed by atoms with van der Waals surface area (Å²) < 4.78 is 0. The Hall–Kier alpha value is -1.48. The highest BCUT2D eigenvalue weighted by Gasteiger charge is 2.20. The van der Waals surface area contributed by atoms with E-state index in [0.29, 0.717) is 25.9 Å². The number of ketones is 2. The van der Waals surface area contributed by atoms with Crippen molar-refractivity contribution in [2.75, 3.05) is 13.1 Å². The predicted molar refractivity (Wildman–Crippen MR) is 61.0 cm³/mol. The normalized spacial score (nSPS) is 18.5. The van der Waals surface area contributed by atoms with E-state index in [1.54, 1.807) is 0 Å². The maximum Gasteiger partial charge on any atom is 0.199 e. The third kappa shape index (κ3) is 2.76. The second-order valence-electron chi connectivity index (χ2n) is 4.11. The Balaban J connectivity index is 1.96. The molecule has 2 rings (SSSR count). The molecule has 1 aliphatic rings. The molecule has 16 heavy (non-hydrogen) atoms. The van der Waals surface area contributed by atoms with Crippen molar-refractivity contribution in [3.63, 3.8) is 0 Å². The molecule has 0 aliphatic carbocycles. The van der Waals surface area contributed by atoms with Crippen LogP contribution in [0.5, 0.6) is 0 Å². The highest BCUT2D eigenvalue weighted by molar-refractivity contribution is 6.37. The Morgan fingerprint density at radius 1 is 0.938 bits per heavy atom. The largest absolute Gasteiger partial charge is 0.298 e. The zero-order valence-electron chi connectivity index (χ0n) is 9.19. The molecule has 0 N–H and O–H groups in total. The van der Waals surface area contributed by atoms with Crippen LogP contribution in [0, 0.1) is 0 Å². The highest BCUT2D eigenvalue weighted by Crippen LogP contribution is 2.09. The minimum atomic E-state index is -0.212. The van der Waals surface area contributed by atoms with Crippen molar-refractivity contribution >= 4 is 11.6 Å². The van der Waals surface area contributed by atoms with Crippen LogP contribution in [0.1, 0.15) is 18.4 Å². The van der Waals surface area contributed by atoms with E-state index >= 15 is 0 Å².